The van der Waals surface area contributed by atoms with Crippen molar-refractivity contribution in [3.63, 3.8) is 0 Å². The molecule has 1 aliphatic rings. The monoisotopic (exact) mass is 145 g/mol. The molecule has 0 aromatic rings. The first-order chi connectivity index (χ1) is 4.61. The lowest BCUT2D eigenvalue weighted by atomic mass is 10.1. The van der Waals surface area contributed by atoms with Gasteiger partial charge in [-0.2, -0.15) is 5.06 Å². The Bertz CT molecular complexity index is 148. The van der Waals surface area contributed by atoms with Gasteiger partial charge < -0.3 is 10.3 Å². The Morgan fingerprint density at radius 3 is 2.50 bits per heavy atom. The molecule has 0 saturated carbocycles. The van der Waals surface area contributed by atoms with E-state index in [4.69, 9.17) is 10.3 Å². The van der Waals surface area contributed by atoms with Crippen molar-refractivity contribution in [1.82, 2.24) is 5.06 Å². The second-order valence-electron chi connectivity index (χ2n) is 2.82. The summed E-state index contributed by atoms with van der Waals surface area (Å²) in [4.78, 5) is 10.4. The van der Waals surface area contributed by atoms with E-state index in [0.29, 0.717) is 13.0 Å². The maximum atomic E-state index is 10.4. The van der Waals surface area contributed by atoms with Crippen LogP contribution in [0.3, 0.4) is 0 Å². The highest BCUT2D eigenvalue weighted by Gasteiger charge is 2.33. The van der Waals surface area contributed by atoms with Crippen molar-refractivity contribution in [3.05, 3.63) is 0 Å². The van der Waals surface area contributed by atoms with Crippen LogP contribution in [0.25, 0.3) is 0 Å². The maximum Gasteiger partial charge on any atom is 0.323 e. The lowest BCUT2D eigenvalue weighted by Gasteiger charge is -2.11. The molecule has 0 aromatic carbocycles. The average Bonchev–Trinajstić information content (AvgIpc) is 2.10. The summed E-state index contributed by atoms with van der Waals surface area (Å²) in [5, 5.41) is 18.4. The molecule has 0 aliphatic carbocycles. The largest absolute Gasteiger partial charge is 0.480 e. The average molecular weight is 145 g/mol. The van der Waals surface area contributed by atoms with Gasteiger partial charge in [0.15, 0.2) is 0 Å². The standard InChI is InChI=1S/C6H11NO3/c1-4-2-5(6(8)9)7(10)3-4/h4-5,10H,2-3H2,1H3,(H,8,9). The molecule has 1 heterocycles. The molecule has 0 spiro atoms. The van der Waals surface area contributed by atoms with Crippen LogP contribution in [0.1, 0.15) is 13.3 Å². The van der Waals surface area contributed by atoms with E-state index < -0.39 is 12.0 Å². The van der Waals surface area contributed by atoms with Crippen LogP contribution in [-0.4, -0.2) is 33.9 Å². The SMILES string of the molecule is CC1CC(C(=O)O)N(O)C1. The van der Waals surface area contributed by atoms with Gasteiger partial charge in [0.05, 0.1) is 0 Å². The Labute approximate surface area is 59.0 Å². The minimum atomic E-state index is -0.938. The van der Waals surface area contributed by atoms with Crippen LogP contribution in [0, 0.1) is 5.92 Å². The predicted octanol–water partition coefficient (Wildman–Crippen LogP) is 0.171. The third kappa shape index (κ3) is 1.27. The number of nitrogens with zero attached hydrogens (tertiary/aromatic N) is 1. The van der Waals surface area contributed by atoms with Gasteiger partial charge in [0.25, 0.3) is 0 Å². The molecule has 4 nitrogen and oxygen atoms in total. The Morgan fingerprint density at radius 2 is 2.30 bits per heavy atom. The first-order valence-electron chi connectivity index (χ1n) is 3.29. The first kappa shape index (κ1) is 7.50. The van der Waals surface area contributed by atoms with Crippen molar-refractivity contribution in [2.24, 2.45) is 5.92 Å². The molecule has 2 N–H and O–H groups in total. The van der Waals surface area contributed by atoms with E-state index >= 15 is 0 Å². The highest BCUT2D eigenvalue weighted by atomic mass is 16.5. The van der Waals surface area contributed by atoms with Crippen LogP contribution in [0.4, 0.5) is 0 Å². The van der Waals surface area contributed by atoms with E-state index in [9.17, 15) is 4.79 Å². The van der Waals surface area contributed by atoms with Crippen LogP contribution in [0.2, 0.25) is 0 Å². The topological polar surface area (TPSA) is 60.8 Å². The molecule has 0 bridgehead atoms. The molecule has 4 heteroatoms. The number of hydrogen-bond acceptors (Lipinski definition) is 3. The fourth-order valence-corrected chi connectivity index (χ4v) is 1.25. The molecule has 0 amide bonds. The lowest BCUT2D eigenvalue weighted by Crippen LogP contribution is -2.32. The van der Waals surface area contributed by atoms with E-state index in [1.165, 1.54) is 0 Å². The van der Waals surface area contributed by atoms with E-state index in [-0.39, 0.29) is 5.92 Å². The van der Waals surface area contributed by atoms with Gasteiger partial charge in [-0.05, 0) is 12.3 Å². The molecular formula is C6H11NO3. The maximum absolute atomic E-state index is 10.4. The predicted molar refractivity (Wildman–Crippen MR) is 33.7 cm³/mol. The minimum Gasteiger partial charge on any atom is -0.480 e. The fourth-order valence-electron chi connectivity index (χ4n) is 1.25. The number of hydroxylamine groups is 2. The molecule has 2 unspecified atom stereocenters. The Morgan fingerprint density at radius 1 is 1.70 bits per heavy atom. The number of aliphatic carboxylic acids is 1. The van der Waals surface area contributed by atoms with Crippen molar-refractivity contribution in [2.45, 2.75) is 19.4 Å². The van der Waals surface area contributed by atoms with Gasteiger partial charge in [0, 0.05) is 6.54 Å². The second-order valence-corrected chi connectivity index (χ2v) is 2.82. The van der Waals surface area contributed by atoms with E-state index in [0.717, 1.165) is 5.06 Å². The number of carboxylic acids is 1. The molecule has 1 saturated heterocycles. The third-order valence-corrected chi connectivity index (χ3v) is 1.77. The van der Waals surface area contributed by atoms with Crippen molar-refractivity contribution in [3.8, 4) is 0 Å². The summed E-state index contributed by atoms with van der Waals surface area (Å²) in [6.45, 7) is 2.39. The quantitative estimate of drug-likeness (QED) is 0.552. The Hall–Kier alpha value is -0.610. The summed E-state index contributed by atoms with van der Waals surface area (Å²) in [7, 11) is 0. The number of carboxylic acid groups (broad SMARTS) is 1. The van der Waals surface area contributed by atoms with Gasteiger partial charge in [-0.25, -0.2) is 0 Å². The normalized spacial score (nSPS) is 34.6. The molecule has 1 fully saturated rings. The van der Waals surface area contributed by atoms with Gasteiger partial charge in [-0.15, -0.1) is 0 Å². The van der Waals surface area contributed by atoms with E-state index in [1.54, 1.807) is 0 Å². The van der Waals surface area contributed by atoms with Crippen LogP contribution < -0.4 is 0 Å². The smallest absolute Gasteiger partial charge is 0.323 e. The van der Waals surface area contributed by atoms with Crippen LogP contribution in [-0.2, 0) is 4.79 Å². The molecular weight excluding hydrogens is 134 g/mol. The van der Waals surface area contributed by atoms with E-state index in [1.807, 2.05) is 6.92 Å². The first-order valence-corrected chi connectivity index (χ1v) is 3.29. The summed E-state index contributed by atoms with van der Waals surface area (Å²) in [5.41, 5.74) is 0. The number of hydrogen-bond donors (Lipinski definition) is 2. The molecule has 10 heavy (non-hydrogen) atoms. The zero-order chi connectivity index (χ0) is 7.72. The summed E-state index contributed by atoms with van der Waals surface area (Å²) in [6, 6.07) is -0.685. The van der Waals surface area contributed by atoms with Crippen molar-refractivity contribution < 1.29 is 15.1 Å². The zero-order valence-electron chi connectivity index (χ0n) is 5.82. The van der Waals surface area contributed by atoms with Gasteiger partial charge in [0.2, 0.25) is 0 Å². The number of rotatable bonds is 1. The van der Waals surface area contributed by atoms with Gasteiger partial charge in [-0.1, -0.05) is 6.92 Å². The molecule has 0 radical (unpaired) electrons. The van der Waals surface area contributed by atoms with Gasteiger partial charge >= 0.3 is 5.97 Å². The molecule has 58 valence electrons. The summed E-state index contributed by atoms with van der Waals surface area (Å²) < 4.78 is 0. The summed E-state index contributed by atoms with van der Waals surface area (Å²) >= 11 is 0. The van der Waals surface area contributed by atoms with Crippen LogP contribution >= 0.6 is 0 Å². The Balaban J connectivity index is 2.54. The molecule has 0 aromatic heterocycles. The third-order valence-electron chi connectivity index (χ3n) is 1.77. The highest BCUT2D eigenvalue weighted by molar-refractivity contribution is 5.73. The summed E-state index contributed by atoms with van der Waals surface area (Å²) in [5.74, 6) is -0.655. The highest BCUT2D eigenvalue weighted by Crippen LogP contribution is 2.20. The van der Waals surface area contributed by atoms with Crippen molar-refractivity contribution in [1.29, 1.82) is 0 Å². The van der Waals surface area contributed by atoms with Crippen molar-refractivity contribution >= 4 is 5.97 Å². The van der Waals surface area contributed by atoms with Crippen LogP contribution in [0.15, 0.2) is 0 Å². The van der Waals surface area contributed by atoms with Crippen LogP contribution in [0.5, 0.6) is 0 Å². The van der Waals surface area contributed by atoms with Gasteiger partial charge in [0.1, 0.15) is 6.04 Å². The molecule has 1 rings (SSSR count). The van der Waals surface area contributed by atoms with E-state index in [2.05, 4.69) is 0 Å². The second kappa shape index (κ2) is 2.56. The summed E-state index contributed by atoms with van der Waals surface area (Å²) in [6.07, 6.45) is 0.547. The number of carbonyl (C=O) groups is 1. The molecule has 1 aliphatic heterocycles. The lowest BCUT2D eigenvalue weighted by molar-refractivity contribution is -0.161. The Kier molecular flexibility index (Phi) is 1.92. The minimum absolute atomic E-state index is 0.283. The zero-order valence-corrected chi connectivity index (χ0v) is 5.82. The van der Waals surface area contributed by atoms with Gasteiger partial charge in [-0.3, -0.25) is 4.79 Å². The molecule has 2 atom stereocenters. The fraction of sp³-hybridized carbons (Fsp3) is 0.833. The van der Waals surface area contributed by atoms with Crippen molar-refractivity contribution in [2.75, 3.05) is 6.54 Å².